The summed E-state index contributed by atoms with van der Waals surface area (Å²) in [6.07, 6.45) is 0.791. The monoisotopic (exact) mass is 310 g/mol. The lowest BCUT2D eigenvalue weighted by atomic mass is 10.2. The Morgan fingerprint density at radius 1 is 1.14 bits per heavy atom. The maximum absolute atomic E-state index is 13.6. The molecule has 1 aromatic carbocycles. The van der Waals surface area contributed by atoms with Gasteiger partial charge < -0.3 is 21.3 Å². The molecule has 4 amide bonds. The molecule has 0 saturated heterocycles. The lowest BCUT2D eigenvalue weighted by Crippen LogP contribution is -2.39. The van der Waals surface area contributed by atoms with Crippen LogP contribution in [0, 0.1) is 5.82 Å². The Morgan fingerprint density at radius 3 is 2.50 bits per heavy atom. The molecule has 1 aromatic rings. The molecule has 0 saturated carbocycles. The van der Waals surface area contributed by atoms with Gasteiger partial charge in [-0.05, 0) is 24.6 Å². The predicted molar refractivity (Wildman–Crippen MR) is 81.0 cm³/mol. The molecular weight excluding hydrogens is 291 g/mol. The second-order valence-corrected chi connectivity index (χ2v) is 4.53. The van der Waals surface area contributed by atoms with Gasteiger partial charge in [-0.2, -0.15) is 0 Å². The molecule has 0 unspecified atom stereocenters. The van der Waals surface area contributed by atoms with E-state index in [4.69, 9.17) is 0 Å². The fourth-order valence-electron chi connectivity index (χ4n) is 1.56. The highest BCUT2D eigenvalue weighted by molar-refractivity contribution is 5.94. The molecule has 8 heteroatoms. The zero-order valence-electron chi connectivity index (χ0n) is 12.5. The van der Waals surface area contributed by atoms with Gasteiger partial charge in [-0.1, -0.05) is 6.92 Å². The minimum absolute atomic E-state index is 0.0993. The number of halogens is 1. The number of rotatable bonds is 6. The van der Waals surface area contributed by atoms with Crippen molar-refractivity contribution in [1.82, 2.24) is 10.6 Å². The van der Waals surface area contributed by atoms with Crippen molar-refractivity contribution in [2.24, 2.45) is 0 Å². The first-order chi connectivity index (χ1) is 10.4. The van der Waals surface area contributed by atoms with Crippen LogP contribution in [-0.2, 0) is 9.59 Å². The lowest BCUT2D eigenvalue weighted by molar-refractivity contribution is -0.120. The maximum Gasteiger partial charge on any atom is 0.319 e. The number of hydrogen-bond acceptors (Lipinski definition) is 3. The Bertz CT molecular complexity index is 563. The Kier molecular flexibility index (Phi) is 6.81. The molecular formula is C14H19FN4O3. The smallest absolute Gasteiger partial charge is 0.319 e. The highest BCUT2D eigenvalue weighted by atomic mass is 19.1. The molecule has 0 bridgehead atoms. The van der Waals surface area contributed by atoms with Gasteiger partial charge in [-0.25, -0.2) is 9.18 Å². The Labute approximate surface area is 127 Å². The third-order valence-corrected chi connectivity index (χ3v) is 2.52. The third-order valence-electron chi connectivity index (χ3n) is 2.52. The molecule has 0 fully saturated rings. The zero-order chi connectivity index (χ0) is 16.5. The average Bonchev–Trinajstić information content (AvgIpc) is 2.46. The van der Waals surface area contributed by atoms with Gasteiger partial charge in [0.25, 0.3) is 0 Å². The van der Waals surface area contributed by atoms with E-state index in [0.29, 0.717) is 12.2 Å². The number of nitrogens with one attached hydrogen (secondary N) is 4. The van der Waals surface area contributed by atoms with Gasteiger partial charge in [0.15, 0.2) is 0 Å². The molecule has 120 valence electrons. The Morgan fingerprint density at radius 2 is 1.86 bits per heavy atom. The van der Waals surface area contributed by atoms with Crippen LogP contribution in [0.3, 0.4) is 0 Å². The van der Waals surface area contributed by atoms with E-state index in [1.165, 1.54) is 19.1 Å². The van der Waals surface area contributed by atoms with Crippen LogP contribution in [0.15, 0.2) is 18.2 Å². The van der Waals surface area contributed by atoms with E-state index in [2.05, 4.69) is 21.3 Å². The van der Waals surface area contributed by atoms with Crippen LogP contribution >= 0.6 is 0 Å². The quantitative estimate of drug-likeness (QED) is 0.639. The van der Waals surface area contributed by atoms with Gasteiger partial charge in [0.2, 0.25) is 11.8 Å². The second kappa shape index (κ2) is 8.60. The summed E-state index contributed by atoms with van der Waals surface area (Å²) in [6.45, 7) is 3.54. The molecule has 0 aliphatic rings. The number of hydrogen-bond donors (Lipinski definition) is 4. The van der Waals surface area contributed by atoms with E-state index in [9.17, 15) is 18.8 Å². The van der Waals surface area contributed by atoms with Gasteiger partial charge in [0, 0.05) is 19.2 Å². The van der Waals surface area contributed by atoms with Crippen molar-refractivity contribution in [3.8, 4) is 0 Å². The molecule has 0 radical (unpaired) electrons. The summed E-state index contributed by atoms with van der Waals surface area (Å²) < 4.78 is 13.6. The summed E-state index contributed by atoms with van der Waals surface area (Å²) in [6, 6.07) is 3.06. The molecule has 7 nitrogen and oxygen atoms in total. The van der Waals surface area contributed by atoms with E-state index in [1.807, 2.05) is 6.92 Å². The topological polar surface area (TPSA) is 99.3 Å². The molecule has 0 aliphatic heterocycles. The number of anilines is 2. The first kappa shape index (κ1) is 17.4. The predicted octanol–water partition coefficient (Wildman–Crippen LogP) is 1.43. The SMILES string of the molecule is CCCNC(=O)CNC(=O)Nc1cc(NC(C)=O)ccc1F. The molecule has 0 aromatic heterocycles. The van der Waals surface area contributed by atoms with Crippen molar-refractivity contribution in [2.45, 2.75) is 20.3 Å². The van der Waals surface area contributed by atoms with E-state index >= 15 is 0 Å². The molecule has 4 N–H and O–H groups in total. The second-order valence-electron chi connectivity index (χ2n) is 4.53. The van der Waals surface area contributed by atoms with Crippen molar-refractivity contribution in [3.05, 3.63) is 24.0 Å². The third kappa shape index (κ3) is 6.21. The van der Waals surface area contributed by atoms with Gasteiger partial charge in [0.1, 0.15) is 5.82 Å². The normalized spacial score (nSPS) is 9.77. The zero-order valence-corrected chi connectivity index (χ0v) is 12.5. The fraction of sp³-hybridized carbons (Fsp3) is 0.357. The summed E-state index contributed by atoms with van der Waals surface area (Å²) in [5, 5.41) is 9.66. The standard InChI is InChI=1S/C14H19FN4O3/c1-3-6-16-13(21)8-17-14(22)19-12-7-10(18-9(2)20)4-5-11(12)15/h4-5,7H,3,6,8H2,1-2H3,(H,16,21)(H,18,20)(H2,17,19,22). The van der Waals surface area contributed by atoms with E-state index in [-0.39, 0.29) is 24.0 Å². The van der Waals surface area contributed by atoms with Crippen molar-refractivity contribution in [1.29, 1.82) is 0 Å². The Hall–Kier alpha value is -2.64. The van der Waals surface area contributed by atoms with Crippen molar-refractivity contribution >= 4 is 29.2 Å². The minimum Gasteiger partial charge on any atom is -0.355 e. The van der Waals surface area contributed by atoms with Crippen molar-refractivity contribution in [2.75, 3.05) is 23.7 Å². The fourth-order valence-corrected chi connectivity index (χ4v) is 1.56. The largest absolute Gasteiger partial charge is 0.355 e. The summed E-state index contributed by atoms with van der Waals surface area (Å²) >= 11 is 0. The van der Waals surface area contributed by atoms with E-state index in [1.54, 1.807) is 0 Å². The van der Waals surface area contributed by atoms with Gasteiger partial charge in [-0.15, -0.1) is 0 Å². The summed E-state index contributed by atoms with van der Waals surface area (Å²) in [7, 11) is 0. The van der Waals surface area contributed by atoms with Crippen molar-refractivity contribution < 1.29 is 18.8 Å². The number of urea groups is 1. The van der Waals surface area contributed by atoms with Crippen LogP contribution in [0.2, 0.25) is 0 Å². The molecule has 0 heterocycles. The minimum atomic E-state index is -0.717. The van der Waals surface area contributed by atoms with Crippen LogP contribution in [0.25, 0.3) is 0 Å². The molecule has 0 spiro atoms. The number of carbonyl (C=O) groups excluding carboxylic acids is 3. The number of amides is 4. The van der Waals surface area contributed by atoms with Gasteiger partial charge in [0.05, 0.1) is 12.2 Å². The van der Waals surface area contributed by atoms with Crippen LogP contribution in [0.4, 0.5) is 20.6 Å². The van der Waals surface area contributed by atoms with Gasteiger partial charge in [-0.3, -0.25) is 9.59 Å². The van der Waals surface area contributed by atoms with E-state index < -0.39 is 11.8 Å². The van der Waals surface area contributed by atoms with Crippen LogP contribution in [0.1, 0.15) is 20.3 Å². The number of carbonyl (C=O) groups is 3. The molecule has 1 rings (SSSR count). The summed E-state index contributed by atoms with van der Waals surface area (Å²) in [4.78, 5) is 33.9. The summed E-state index contributed by atoms with van der Waals surface area (Å²) in [5.41, 5.74) is 0.252. The number of benzene rings is 1. The highest BCUT2D eigenvalue weighted by Gasteiger charge is 2.09. The van der Waals surface area contributed by atoms with Crippen LogP contribution in [0.5, 0.6) is 0 Å². The highest BCUT2D eigenvalue weighted by Crippen LogP contribution is 2.19. The lowest BCUT2D eigenvalue weighted by Gasteiger charge is -2.10. The average molecular weight is 310 g/mol. The maximum atomic E-state index is 13.6. The summed E-state index contributed by atoms with van der Waals surface area (Å²) in [5.74, 6) is -1.29. The molecule has 0 aliphatic carbocycles. The van der Waals surface area contributed by atoms with Crippen LogP contribution in [-0.4, -0.2) is 30.9 Å². The van der Waals surface area contributed by atoms with Crippen LogP contribution < -0.4 is 21.3 Å². The van der Waals surface area contributed by atoms with Crippen molar-refractivity contribution in [3.63, 3.8) is 0 Å². The molecule has 0 atom stereocenters. The first-order valence-electron chi connectivity index (χ1n) is 6.81. The molecule has 22 heavy (non-hydrogen) atoms. The van der Waals surface area contributed by atoms with Gasteiger partial charge >= 0.3 is 6.03 Å². The Balaban J connectivity index is 2.56. The first-order valence-corrected chi connectivity index (χ1v) is 6.81. The van der Waals surface area contributed by atoms with E-state index in [0.717, 1.165) is 12.5 Å².